The van der Waals surface area contributed by atoms with Gasteiger partial charge in [-0.2, -0.15) is 0 Å². The molecule has 3 heteroatoms. The topological polar surface area (TPSA) is 46.3 Å². The maximum absolute atomic E-state index is 12.3. The van der Waals surface area contributed by atoms with Crippen molar-refractivity contribution in [2.45, 2.75) is 45.6 Å². The van der Waals surface area contributed by atoms with E-state index >= 15 is 0 Å². The largest absolute Gasteiger partial charge is 0.341 e. The molecule has 0 aromatic carbocycles. The van der Waals surface area contributed by atoms with Crippen LogP contribution in [0.2, 0.25) is 0 Å². The van der Waals surface area contributed by atoms with Crippen LogP contribution in [-0.2, 0) is 4.79 Å². The Balaban J connectivity index is 2.02. The third-order valence-corrected chi connectivity index (χ3v) is 4.09. The first-order valence-corrected chi connectivity index (χ1v) is 6.05. The lowest BCUT2D eigenvalue weighted by Crippen LogP contribution is -2.39. The molecule has 2 rings (SSSR count). The van der Waals surface area contributed by atoms with Crippen molar-refractivity contribution in [2.75, 3.05) is 13.1 Å². The summed E-state index contributed by atoms with van der Waals surface area (Å²) in [6.07, 6.45) is 4.42. The molecule has 2 unspecified atom stereocenters. The Morgan fingerprint density at radius 1 is 1.40 bits per heavy atom. The first kappa shape index (κ1) is 10.9. The summed E-state index contributed by atoms with van der Waals surface area (Å²) in [5, 5.41) is 0. The number of amides is 1. The highest BCUT2D eigenvalue weighted by molar-refractivity contribution is 5.80. The highest BCUT2D eigenvalue weighted by Crippen LogP contribution is 2.43. The van der Waals surface area contributed by atoms with Crippen molar-refractivity contribution >= 4 is 5.91 Å². The van der Waals surface area contributed by atoms with Crippen LogP contribution in [-0.4, -0.2) is 29.9 Å². The van der Waals surface area contributed by atoms with Crippen molar-refractivity contribution in [3.05, 3.63) is 0 Å². The lowest BCUT2D eigenvalue weighted by Gasteiger charge is -2.29. The number of nitrogens with zero attached hydrogens (tertiary/aromatic N) is 1. The predicted molar refractivity (Wildman–Crippen MR) is 60.3 cm³/mol. The normalized spacial score (nSPS) is 34.7. The Morgan fingerprint density at radius 2 is 2.13 bits per heavy atom. The molecule has 1 saturated heterocycles. The third-order valence-electron chi connectivity index (χ3n) is 4.09. The van der Waals surface area contributed by atoms with Gasteiger partial charge in [-0.1, -0.05) is 20.3 Å². The Labute approximate surface area is 92.0 Å². The second-order valence-corrected chi connectivity index (χ2v) is 5.77. The van der Waals surface area contributed by atoms with Gasteiger partial charge >= 0.3 is 0 Å². The van der Waals surface area contributed by atoms with Crippen molar-refractivity contribution in [1.82, 2.24) is 4.90 Å². The van der Waals surface area contributed by atoms with Gasteiger partial charge in [-0.25, -0.2) is 0 Å². The van der Waals surface area contributed by atoms with E-state index in [2.05, 4.69) is 13.8 Å². The van der Waals surface area contributed by atoms with Gasteiger partial charge in [-0.3, -0.25) is 4.79 Å². The number of carbonyl (C=O) groups excluding carboxylic acids is 1. The summed E-state index contributed by atoms with van der Waals surface area (Å²) in [5.41, 5.74) is 6.03. The third kappa shape index (κ3) is 2.03. The zero-order valence-electron chi connectivity index (χ0n) is 9.83. The number of nitrogens with two attached hydrogens (primary N) is 1. The Bertz CT molecular complexity index is 262. The van der Waals surface area contributed by atoms with E-state index in [0.29, 0.717) is 5.91 Å². The molecule has 0 bridgehead atoms. The van der Waals surface area contributed by atoms with Gasteiger partial charge in [0.2, 0.25) is 5.91 Å². The van der Waals surface area contributed by atoms with Gasteiger partial charge in [0.05, 0.1) is 0 Å². The number of likely N-dealkylation sites (tertiary alicyclic amines) is 1. The molecule has 0 spiro atoms. The number of hydrogen-bond acceptors (Lipinski definition) is 2. The molecule has 2 fully saturated rings. The lowest BCUT2D eigenvalue weighted by molar-refractivity contribution is -0.137. The molecule has 1 heterocycles. The Morgan fingerprint density at radius 3 is 2.60 bits per heavy atom. The molecule has 1 aliphatic heterocycles. The molecule has 15 heavy (non-hydrogen) atoms. The maximum atomic E-state index is 12.3. The molecule has 1 amide bonds. The van der Waals surface area contributed by atoms with E-state index < -0.39 is 0 Å². The molecule has 1 saturated carbocycles. The molecule has 1 aliphatic carbocycles. The minimum absolute atomic E-state index is 0.198. The molecule has 2 N–H and O–H groups in total. The number of hydrogen-bond donors (Lipinski definition) is 1. The highest BCUT2D eigenvalue weighted by atomic mass is 16.2. The Kier molecular flexibility index (Phi) is 2.75. The van der Waals surface area contributed by atoms with Crippen LogP contribution in [0.3, 0.4) is 0 Å². The van der Waals surface area contributed by atoms with E-state index in [4.69, 9.17) is 5.73 Å². The van der Waals surface area contributed by atoms with Gasteiger partial charge in [0.15, 0.2) is 0 Å². The molecular formula is C12H22N2O. The van der Waals surface area contributed by atoms with Crippen molar-refractivity contribution in [1.29, 1.82) is 0 Å². The summed E-state index contributed by atoms with van der Waals surface area (Å²) in [6.45, 7) is 6.08. The van der Waals surface area contributed by atoms with E-state index in [-0.39, 0.29) is 17.4 Å². The number of carbonyl (C=O) groups is 1. The summed E-state index contributed by atoms with van der Waals surface area (Å²) in [5.74, 6) is 0.591. The average molecular weight is 210 g/mol. The second kappa shape index (κ2) is 3.78. The summed E-state index contributed by atoms with van der Waals surface area (Å²) >= 11 is 0. The molecule has 2 aliphatic rings. The summed E-state index contributed by atoms with van der Waals surface area (Å²) in [7, 11) is 0. The van der Waals surface area contributed by atoms with E-state index in [1.807, 2.05) is 4.90 Å². The predicted octanol–water partition coefficient (Wildman–Crippen LogP) is 1.37. The van der Waals surface area contributed by atoms with Gasteiger partial charge in [-0.15, -0.1) is 0 Å². The van der Waals surface area contributed by atoms with Crippen LogP contribution in [0.4, 0.5) is 0 Å². The van der Waals surface area contributed by atoms with Crippen LogP contribution in [0.25, 0.3) is 0 Å². The standard InChI is InChI=1S/C12H22N2O/c1-12(2)6-3-4-10(12)11(15)14-7-5-9(13)8-14/h9-10H,3-8,13H2,1-2H3. The average Bonchev–Trinajstić information content (AvgIpc) is 2.70. The number of rotatable bonds is 1. The zero-order chi connectivity index (χ0) is 11.1. The second-order valence-electron chi connectivity index (χ2n) is 5.77. The summed E-state index contributed by atoms with van der Waals surface area (Å²) in [4.78, 5) is 14.3. The fraction of sp³-hybridized carbons (Fsp3) is 0.917. The van der Waals surface area contributed by atoms with Gasteiger partial charge in [-0.05, 0) is 24.7 Å². The summed E-state index contributed by atoms with van der Waals surface area (Å²) < 4.78 is 0. The quantitative estimate of drug-likeness (QED) is 0.710. The van der Waals surface area contributed by atoms with Crippen molar-refractivity contribution in [2.24, 2.45) is 17.1 Å². The van der Waals surface area contributed by atoms with Gasteiger partial charge in [0.1, 0.15) is 0 Å². The molecule has 3 nitrogen and oxygen atoms in total. The van der Waals surface area contributed by atoms with Crippen LogP contribution in [0.5, 0.6) is 0 Å². The van der Waals surface area contributed by atoms with Gasteiger partial charge in [0.25, 0.3) is 0 Å². The first-order valence-electron chi connectivity index (χ1n) is 6.05. The molecule has 0 radical (unpaired) electrons. The van der Waals surface area contributed by atoms with Crippen molar-refractivity contribution in [3.8, 4) is 0 Å². The van der Waals surface area contributed by atoms with E-state index in [0.717, 1.165) is 25.9 Å². The minimum Gasteiger partial charge on any atom is -0.341 e. The van der Waals surface area contributed by atoms with Crippen LogP contribution in [0, 0.1) is 11.3 Å². The van der Waals surface area contributed by atoms with Gasteiger partial charge < -0.3 is 10.6 Å². The molecule has 86 valence electrons. The lowest BCUT2D eigenvalue weighted by atomic mass is 9.81. The smallest absolute Gasteiger partial charge is 0.226 e. The monoisotopic (exact) mass is 210 g/mol. The molecular weight excluding hydrogens is 188 g/mol. The zero-order valence-corrected chi connectivity index (χ0v) is 9.83. The molecule has 0 aromatic heterocycles. The first-order chi connectivity index (χ1) is 7.00. The fourth-order valence-corrected chi connectivity index (χ4v) is 2.99. The van der Waals surface area contributed by atoms with E-state index in [1.54, 1.807) is 0 Å². The maximum Gasteiger partial charge on any atom is 0.226 e. The molecule has 2 atom stereocenters. The van der Waals surface area contributed by atoms with Crippen LogP contribution in [0.15, 0.2) is 0 Å². The van der Waals surface area contributed by atoms with E-state index in [1.165, 1.54) is 12.8 Å². The van der Waals surface area contributed by atoms with E-state index in [9.17, 15) is 4.79 Å². The molecule has 0 aromatic rings. The Hall–Kier alpha value is -0.570. The van der Waals surface area contributed by atoms with Crippen LogP contribution >= 0.6 is 0 Å². The summed E-state index contributed by atoms with van der Waals surface area (Å²) in [6, 6.07) is 0.207. The highest BCUT2D eigenvalue weighted by Gasteiger charge is 2.42. The fourth-order valence-electron chi connectivity index (χ4n) is 2.99. The van der Waals surface area contributed by atoms with Crippen LogP contribution in [0.1, 0.15) is 39.5 Å². The van der Waals surface area contributed by atoms with Crippen molar-refractivity contribution in [3.63, 3.8) is 0 Å². The van der Waals surface area contributed by atoms with Crippen molar-refractivity contribution < 1.29 is 4.79 Å². The van der Waals surface area contributed by atoms with Crippen LogP contribution < -0.4 is 5.73 Å². The SMILES string of the molecule is CC1(C)CCCC1C(=O)N1CCC(N)C1. The minimum atomic E-state index is 0.198. The van der Waals surface area contributed by atoms with Gasteiger partial charge in [0, 0.05) is 25.0 Å².